The van der Waals surface area contributed by atoms with Crippen LogP contribution in [0.1, 0.15) is 35.1 Å². The zero-order valence-corrected chi connectivity index (χ0v) is 16.6. The summed E-state index contributed by atoms with van der Waals surface area (Å²) in [6, 6.07) is 8.85. The summed E-state index contributed by atoms with van der Waals surface area (Å²) in [5.74, 6) is 2.17. The fraction of sp³-hybridized carbons (Fsp3) is 0.333. The van der Waals surface area contributed by atoms with Gasteiger partial charge in [-0.3, -0.25) is 0 Å². The number of sulfonamides is 1. The van der Waals surface area contributed by atoms with Crippen molar-refractivity contribution >= 4 is 21.4 Å². The van der Waals surface area contributed by atoms with Crippen molar-refractivity contribution < 1.29 is 17.7 Å². The van der Waals surface area contributed by atoms with E-state index in [1.54, 1.807) is 32.2 Å². The molecule has 1 aliphatic carbocycles. The number of hydrogen-bond acceptors (Lipinski definition) is 7. The third kappa shape index (κ3) is 3.90. The smallest absolute Gasteiger partial charge is 0.241 e. The number of hydrogen-bond donors (Lipinski definition) is 1. The zero-order chi connectivity index (χ0) is 19.0. The molecule has 1 N–H and O–H groups in total. The molecule has 0 atom stereocenters. The fourth-order valence-electron chi connectivity index (χ4n) is 2.67. The molecule has 0 aliphatic heterocycles. The molecule has 4 rings (SSSR count). The molecular weight excluding hydrogens is 386 g/mol. The number of nitrogens with one attached hydrogen (secondary N) is 1. The van der Waals surface area contributed by atoms with Gasteiger partial charge in [0.2, 0.25) is 21.7 Å². The predicted molar refractivity (Wildman–Crippen MR) is 101 cm³/mol. The molecule has 0 amide bonds. The molecule has 142 valence electrons. The average molecular weight is 406 g/mol. The van der Waals surface area contributed by atoms with Gasteiger partial charge in [0.25, 0.3) is 0 Å². The minimum absolute atomic E-state index is 0.199. The minimum atomic E-state index is -3.65. The van der Waals surface area contributed by atoms with Crippen molar-refractivity contribution in [2.75, 3.05) is 7.11 Å². The summed E-state index contributed by atoms with van der Waals surface area (Å²) in [4.78, 5) is 6.01. The first kappa shape index (κ1) is 18.1. The molecule has 0 saturated heterocycles. The van der Waals surface area contributed by atoms with Crippen LogP contribution < -0.4 is 9.46 Å². The van der Waals surface area contributed by atoms with E-state index in [-0.39, 0.29) is 11.4 Å². The number of aryl methyl sites for hydroxylation is 1. The van der Waals surface area contributed by atoms with Gasteiger partial charge in [-0.15, -0.1) is 11.3 Å². The largest absolute Gasteiger partial charge is 0.497 e. The molecule has 2 heterocycles. The number of ether oxygens (including phenoxy) is 1. The van der Waals surface area contributed by atoms with Gasteiger partial charge >= 0.3 is 0 Å². The van der Waals surface area contributed by atoms with E-state index >= 15 is 0 Å². The Morgan fingerprint density at radius 3 is 2.70 bits per heavy atom. The van der Waals surface area contributed by atoms with Gasteiger partial charge in [0.05, 0.1) is 16.9 Å². The van der Waals surface area contributed by atoms with Crippen molar-refractivity contribution in [3.8, 4) is 16.5 Å². The molecule has 7 nitrogen and oxygen atoms in total. The Kier molecular flexibility index (Phi) is 4.75. The molecule has 27 heavy (non-hydrogen) atoms. The second-order valence-corrected chi connectivity index (χ2v) is 9.43. The highest BCUT2D eigenvalue weighted by Crippen LogP contribution is 2.40. The van der Waals surface area contributed by atoms with Crippen molar-refractivity contribution in [3.05, 3.63) is 46.7 Å². The zero-order valence-electron chi connectivity index (χ0n) is 14.9. The van der Waals surface area contributed by atoms with Crippen molar-refractivity contribution in [1.29, 1.82) is 0 Å². The lowest BCUT2D eigenvalue weighted by Gasteiger charge is -2.07. The molecule has 1 saturated carbocycles. The van der Waals surface area contributed by atoms with Crippen LogP contribution in [-0.2, 0) is 16.6 Å². The maximum absolute atomic E-state index is 12.7. The monoisotopic (exact) mass is 405 g/mol. The maximum Gasteiger partial charge on any atom is 0.241 e. The number of methoxy groups -OCH3 is 1. The molecule has 0 bridgehead atoms. The van der Waals surface area contributed by atoms with Gasteiger partial charge in [0, 0.05) is 17.3 Å². The molecule has 1 aromatic carbocycles. The average Bonchev–Trinajstić information content (AvgIpc) is 3.25. The van der Waals surface area contributed by atoms with E-state index in [1.807, 2.05) is 12.1 Å². The Morgan fingerprint density at radius 1 is 1.30 bits per heavy atom. The molecule has 1 aliphatic rings. The first-order valence-electron chi connectivity index (χ1n) is 8.53. The van der Waals surface area contributed by atoms with Gasteiger partial charge in [-0.1, -0.05) is 17.3 Å². The van der Waals surface area contributed by atoms with Gasteiger partial charge in [-0.05, 0) is 43.5 Å². The van der Waals surface area contributed by atoms with Crippen LogP contribution in [0.3, 0.4) is 0 Å². The van der Waals surface area contributed by atoms with Gasteiger partial charge in [0.15, 0.2) is 0 Å². The molecule has 2 aromatic heterocycles. The van der Waals surface area contributed by atoms with Crippen molar-refractivity contribution in [1.82, 2.24) is 14.9 Å². The molecule has 0 unspecified atom stereocenters. The van der Waals surface area contributed by atoms with E-state index in [4.69, 9.17) is 9.26 Å². The predicted octanol–water partition coefficient (Wildman–Crippen LogP) is 3.47. The molecule has 3 aromatic rings. The minimum Gasteiger partial charge on any atom is -0.497 e. The van der Waals surface area contributed by atoms with Crippen LogP contribution in [0.15, 0.2) is 39.8 Å². The molecule has 1 fully saturated rings. The summed E-state index contributed by atoms with van der Waals surface area (Å²) >= 11 is 1.35. The lowest BCUT2D eigenvalue weighted by atomic mass is 10.2. The summed E-state index contributed by atoms with van der Waals surface area (Å²) in [6.45, 7) is 1.98. The second-order valence-electron chi connectivity index (χ2n) is 6.43. The van der Waals surface area contributed by atoms with Crippen LogP contribution >= 0.6 is 11.3 Å². The summed E-state index contributed by atoms with van der Waals surface area (Å²) < 4.78 is 38.5. The number of nitrogens with zero attached hydrogens (tertiary/aromatic N) is 2. The molecule has 9 heteroatoms. The van der Waals surface area contributed by atoms with E-state index in [0.29, 0.717) is 27.4 Å². The van der Waals surface area contributed by atoms with Gasteiger partial charge in [-0.2, -0.15) is 4.98 Å². The fourth-order valence-corrected chi connectivity index (χ4v) is 5.21. The SMILES string of the molecule is COc1ccc(CNS(=O)(=O)c2cc(-c3noc(C4CC4)n3)sc2C)cc1. The van der Waals surface area contributed by atoms with Crippen molar-refractivity contribution in [2.45, 2.75) is 37.1 Å². The topological polar surface area (TPSA) is 94.3 Å². The summed E-state index contributed by atoms with van der Waals surface area (Å²) in [6.07, 6.45) is 2.14. The molecule has 0 radical (unpaired) electrons. The van der Waals surface area contributed by atoms with E-state index in [1.165, 1.54) is 11.3 Å². The quantitative estimate of drug-likeness (QED) is 0.647. The van der Waals surface area contributed by atoms with Gasteiger partial charge in [0.1, 0.15) is 5.75 Å². The third-order valence-corrected chi connectivity index (χ3v) is 7.08. The van der Waals surface area contributed by atoms with Crippen molar-refractivity contribution in [3.63, 3.8) is 0 Å². The normalized spacial score (nSPS) is 14.4. The Labute approximate surface area is 161 Å². The number of aromatic nitrogens is 2. The van der Waals surface area contributed by atoms with Crippen molar-refractivity contribution in [2.24, 2.45) is 0 Å². The summed E-state index contributed by atoms with van der Waals surface area (Å²) in [7, 11) is -2.06. The highest BCUT2D eigenvalue weighted by Gasteiger charge is 2.30. The Bertz CT molecular complexity index is 1050. The van der Waals surface area contributed by atoms with Crippen LogP contribution in [0.2, 0.25) is 0 Å². The van der Waals surface area contributed by atoms with Crippen LogP contribution in [0.25, 0.3) is 10.7 Å². The van der Waals surface area contributed by atoms with E-state index < -0.39 is 10.0 Å². The summed E-state index contributed by atoms with van der Waals surface area (Å²) in [5.41, 5.74) is 0.847. The van der Waals surface area contributed by atoms with Crippen LogP contribution in [0, 0.1) is 6.92 Å². The number of benzene rings is 1. The highest BCUT2D eigenvalue weighted by molar-refractivity contribution is 7.89. The first-order valence-corrected chi connectivity index (χ1v) is 10.8. The van der Waals surface area contributed by atoms with Gasteiger partial charge in [-0.25, -0.2) is 13.1 Å². The Morgan fingerprint density at radius 2 is 2.04 bits per heavy atom. The van der Waals surface area contributed by atoms with Gasteiger partial charge < -0.3 is 9.26 Å². The highest BCUT2D eigenvalue weighted by atomic mass is 32.2. The lowest BCUT2D eigenvalue weighted by Crippen LogP contribution is -2.23. The Hall–Kier alpha value is -2.23. The first-order chi connectivity index (χ1) is 13.0. The number of thiophene rings is 1. The van der Waals surface area contributed by atoms with Crippen LogP contribution in [-0.4, -0.2) is 25.7 Å². The van der Waals surface area contributed by atoms with Crippen LogP contribution in [0.4, 0.5) is 0 Å². The van der Waals surface area contributed by atoms with E-state index in [0.717, 1.165) is 24.2 Å². The van der Waals surface area contributed by atoms with E-state index in [9.17, 15) is 8.42 Å². The van der Waals surface area contributed by atoms with Crippen LogP contribution in [0.5, 0.6) is 5.75 Å². The number of rotatable bonds is 7. The van der Waals surface area contributed by atoms with E-state index in [2.05, 4.69) is 14.9 Å². The molecule has 0 spiro atoms. The summed E-state index contributed by atoms with van der Waals surface area (Å²) in [5, 5.41) is 3.99. The standard InChI is InChI=1S/C18H19N3O4S2/c1-11-16(9-15(26-11)17-20-18(25-21-17)13-5-6-13)27(22,23)19-10-12-3-7-14(24-2)8-4-12/h3-4,7-9,13,19H,5-6,10H2,1-2H3. The lowest BCUT2D eigenvalue weighted by molar-refractivity contribution is 0.380. The molecular formula is C18H19N3O4S2. The maximum atomic E-state index is 12.7. The Balaban J connectivity index is 1.51. The second kappa shape index (κ2) is 7.06. The third-order valence-electron chi connectivity index (χ3n) is 4.38.